The number of hydrogen-bond acceptors (Lipinski definition) is 3. The lowest BCUT2D eigenvalue weighted by atomic mass is 10.0. The lowest BCUT2D eigenvalue weighted by molar-refractivity contribution is 0.0634. The summed E-state index contributed by atoms with van der Waals surface area (Å²) < 4.78 is 0. The standard InChI is InChI=1S/C19H24N4O/c24-19(16-12-20-14-21-16)23-11-5-9-18(23)17-8-4-10-22(17)13-15-6-2-1-3-7-15/h1-3,6-7,12,14,17-18H,4-5,8-11,13H2,(H,20,21)/t17-,18+/m0/s1. The third-order valence-electron chi connectivity index (χ3n) is 5.38. The van der Waals surface area contributed by atoms with Crippen molar-refractivity contribution in [2.24, 2.45) is 0 Å². The van der Waals surface area contributed by atoms with Crippen LogP contribution in [0.25, 0.3) is 0 Å². The summed E-state index contributed by atoms with van der Waals surface area (Å²) in [6, 6.07) is 11.4. The van der Waals surface area contributed by atoms with Crippen molar-refractivity contribution in [2.75, 3.05) is 13.1 Å². The number of amides is 1. The maximum absolute atomic E-state index is 12.8. The largest absolute Gasteiger partial charge is 0.341 e. The van der Waals surface area contributed by atoms with Crippen LogP contribution >= 0.6 is 0 Å². The van der Waals surface area contributed by atoms with E-state index >= 15 is 0 Å². The van der Waals surface area contributed by atoms with Gasteiger partial charge in [-0.05, 0) is 37.8 Å². The zero-order valence-corrected chi connectivity index (χ0v) is 13.9. The van der Waals surface area contributed by atoms with Crippen molar-refractivity contribution in [3.05, 3.63) is 54.1 Å². The molecule has 3 heterocycles. The molecule has 0 unspecified atom stereocenters. The Balaban J connectivity index is 1.49. The van der Waals surface area contributed by atoms with Gasteiger partial charge in [-0.25, -0.2) is 4.98 Å². The first-order chi connectivity index (χ1) is 11.8. The predicted octanol–water partition coefficient (Wildman–Crippen LogP) is 2.68. The Labute approximate surface area is 142 Å². The Morgan fingerprint density at radius 2 is 1.92 bits per heavy atom. The Bertz CT molecular complexity index is 670. The fourth-order valence-electron chi connectivity index (χ4n) is 4.27. The van der Waals surface area contributed by atoms with Crippen LogP contribution in [0.2, 0.25) is 0 Å². The van der Waals surface area contributed by atoms with Crippen LogP contribution in [0, 0.1) is 0 Å². The van der Waals surface area contributed by atoms with Crippen molar-refractivity contribution in [3.8, 4) is 0 Å². The highest BCUT2D eigenvalue weighted by atomic mass is 16.2. The molecule has 2 saturated heterocycles. The van der Waals surface area contributed by atoms with Crippen LogP contribution in [0.1, 0.15) is 41.7 Å². The molecule has 0 radical (unpaired) electrons. The lowest BCUT2D eigenvalue weighted by Crippen LogP contribution is -2.48. The maximum atomic E-state index is 12.8. The van der Waals surface area contributed by atoms with Crippen molar-refractivity contribution in [1.29, 1.82) is 0 Å². The van der Waals surface area contributed by atoms with Gasteiger partial charge in [-0.1, -0.05) is 30.3 Å². The van der Waals surface area contributed by atoms with E-state index in [0.717, 1.165) is 32.5 Å². The van der Waals surface area contributed by atoms with Gasteiger partial charge in [-0.3, -0.25) is 9.69 Å². The van der Waals surface area contributed by atoms with Gasteiger partial charge in [0.05, 0.1) is 12.5 Å². The topological polar surface area (TPSA) is 52.2 Å². The van der Waals surface area contributed by atoms with E-state index in [1.807, 2.05) is 0 Å². The second-order valence-corrected chi connectivity index (χ2v) is 6.84. The smallest absolute Gasteiger partial charge is 0.272 e. The monoisotopic (exact) mass is 324 g/mol. The number of aromatic nitrogens is 2. The van der Waals surface area contributed by atoms with Crippen LogP contribution in [0.4, 0.5) is 0 Å². The Morgan fingerprint density at radius 1 is 1.12 bits per heavy atom. The highest BCUT2D eigenvalue weighted by molar-refractivity contribution is 5.92. The van der Waals surface area contributed by atoms with E-state index in [4.69, 9.17) is 0 Å². The van der Waals surface area contributed by atoms with Crippen molar-refractivity contribution in [1.82, 2.24) is 19.8 Å². The lowest BCUT2D eigenvalue weighted by Gasteiger charge is -2.35. The van der Waals surface area contributed by atoms with E-state index in [9.17, 15) is 4.79 Å². The number of aromatic amines is 1. The molecule has 0 aliphatic carbocycles. The fraction of sp³-hybridized carbons (Fsp3) is 0.474. The number of rotatable bonds is 4. The van der Waals surface area contributed by atoms with Crippen molar-refractivity contribution in [2.45, 2.75) is 44.3 Å². The molecule has 1 aromatic heterocycles. The number of H-pyrrole nitrogens is 1. The first kappa shape index (κ1) is 15.4. The molecule has 1 aromatic carbocycles. The number of benzene rings is 1. The molecular weight excluding hydrogens is 300 g/mol. The van der Waals surface area contributed by atoms with E-state index in [-0.39, 0.29) is 5.91 Å². The van der Waals surface area contributed by atoms with Gasteiger partial charge >= 0.3 is 0 Å². The van der Waals surface area contributed by atoms with Crippen LogP contribution in [0.15, 0.2) is 42.9 Å². The highest BCUT2D eigenvalue weighted by Crippen LogP contribution is 2.31. The summed E-state index contributed by atoms with van der Waals surface area (Å²) in [7, 11) is 0. The molecule has 2 atom stereocenters. The molecule has 1 N–H and O–H groups in total. The molecule has 2 aliphatic rings. The van der Waals surface area contributed by atoms with Gasteiger partial charge in [0.25, 0.3) is 5.91 Å². The second-order valence-electron chi connectivity index (χ2n) is 6.84. The number of likely N-dealkylation sites (tertiary alicyclic amines) is 2. The number of imidazole rings is 1. The van der Waals surface area contributed by atoms with E-state index < -0.39 is 0 Å². The summed E-state index contributed by atoms with van der Waals surface area (Å²) >= 11 is 0. The third kappa shape index (κ3) is 2.96. The quantitative estimate of drug-likeness (QED) is 0.941. The predicted molar refractivity (Wildman–Crippen MR) is 92.5 cm³/mol. The molecule has 5 nitrogen and oxygen atoms in total. The van der Waals surface area contributed by atoms with E-state index in [0.29, 0.717) is 17.8 Å². The third-order valence-corrected chi connectivity index (χ3v) is 5.38. The van der Waals surface area contributed by atoms with Crippen molar-refractivity contribution >= 4 is 5.91 Å². The van der Waals surface area contributed by atoms with E-state index in [2.05, 4.69) is 50.1 Å². The maximum Gasteiger partial charge on any atom is 0.272 e. The SMILES string of the molecule is O=C(c1cnc[nH]1)N1CCC[C@@H]1[C@@H]1CCCN1Cc1ccccc1. The first-order valence-corrected chi connectivity index (χ1v) is 8.90. The number of hydrogen-bond donors (Lipinski definition) is 1. The molecule has 126 valence electrons. The molecule has 24 heavy (non-hydrogen) atoms. The summed E-state index contributed by atoms with van der Waals surface area (Å²) in [5, 5.41) is 0. The zero-order valence-electron chi connectivity index (χ0n) is 13.9. The molecule has 4 rings (SSSR count). The average molecular weight is 324 g/mol. The average Bonchev–Trinajstić information content (AvgIpc) is 3.36. The van der Waals surface area contributed by atoms with Crippen LogP contribution in [-0.2, 0) is 6.54 Å². The number of nitrogens with one attached hydrogen (secondary N) is 1. The minimum Gasteiger partial charge on any atom is -0.341 e. The van der Waals surface area contributed by atoms with Gasteiger partial charge in [-0.2, -0.15) is 0 Å². The molecule has 0 bridgehead atoms. The summed E-state index contributed by atoms with van der Waals surface area (Å²) in [6.07, 6.45) is 7.82. The van der Waals surface area contributed by atoms with Crippen LogP contribution in [0.5, 0.6) is 0 Å². The first-order valence-electron chi connectivity index (χ1n) is 8.90. The molecule has 5 heteroatoms. The Kier molecular flexibility index (Phi) is 4.34. The number of carbonyl (C=O) groups is 1. The minimum absolute atomic E-state index is 0.0987. The van der Waals surface area contributed by atoms with Crippen LogP contribution in [-0.4, -0.2) is 50.8 Å². The molecule has 0 saturated carbocycles. The molecule has 2 aromatic rings. The van der Waals surface area contributed by atoms with Gasteiger partial charge < -0.3 is 9.88 Å². The molecule has 2 aliphatic heterocycles. The van der Waals surface area contributed by atoms with Gasteiger partial charge in [0.2, 0.25) is 0 Å². The molecule has 0 spiro atoms. The summed E-state index contributed by atoms with van der Waals surface area (Å²) in [6.45, 7) is 2.97. The summed E-state index contributed by atoms with van der Waals surface area (Å²) in [5.41, 5.74) is 1.96. The van der Waals surface area contributed by atoms with Crippen LogP contribution < -0.4 is 0 Å². The summed E-state index contributed by atoms with van der Waals surface area (Å²) in [4.78, 5) is 24.4. The van der Waals surface area contributed by atoms with Crippen LogP contribution in [0.3, 0.4) is 0 Å². The molecule has 2 fully saturated rings. The number of nitrogens with zero attached hydrogens (tertiary/aromatic N) is 3. The highest BCUT2D eigenvalue weighted by Gasteiger charge is 2.40. The van der Waals surface area contributed by atoms with E-state index in [1.54, 1.807) is 12.5 Å². The number of carbonyl (C=O) groups excluding carboxylic acids is 1. The molecular formula is C19H24N4O. The zero-order chi connectivity index (χ0) is 16.4. The molecule has 1 amide bonds. The Hall–Kier alpha value is -2.14. The van der Waals surface area contributed by atoms with Crippen molar-refractivity contribution < 1.29 is 4.79 Å². The minimum atomic E-state index is 0.0987. The van der Waals surface area contributed by atoms with Gasteiger partial charge in [0, 0.05) is 25.2 Å². The summed E-state index contributed by atoms with van der Waals surface area (Å²) in [5.74, 6) is 0.0987. The fourth-order valence-corrected chi connectivity index (χ4v) is 4.27. The van der Waals surface area contributed by atoms with Gasteiger partial charge in [0.1, 0.15) is 5.69 Å². The van der Waals surface area contributed by atoms with Gasteiger partial charge in [-0.15, -0.1) is 0 Å². The van der Waals surface area contributed by atoms with Gasteiger partial charge in [0.15, 0.2) is 0 Å². The second kappa shape index (κ2) is 6.77. The normalized spacial score (nSPS) is 24.6. The Morgan fingerprint density at radius 3 is 2.71 bits per heavy atom. The van der Waals surface area contributed by atoms with E-state index in [1.165, 1.54) is 18.4 Å². The van der Waals surface area contributed by atoms with Crippen molar-refractivity contribution in [3.63, 3.8) is 0 Å².